The lowest BCUT2D eigenvalue weighted by molar-refractivity contribution is -0.117. The largest absolute Gasteiger partial charge is 0.456 e. The molecule has 0 fully saturated rings. The van der Waals surface area contributed by atoms with Crippen molar-refractivity contribution in [1.82, 2.24) is 5.32 Å². The maximum atomic E-state index is 13.7. The normalized spacial score (nSPS) is 13.2. The first kappa shape index (κ1) is 30.7. The molecule has 0 spiro atoms. The summed E-state index contributed by atoms with van der Waals surface area (Å²) in [5.74, 6) is -0.206. The Bertz CT molecular complexity index is 1800. The van der Waals surface area contributed by atoms with Gasteiger partial charge in [0.1, 0.15) is 11.3 Å². The van der Waals surface area contributed by atoms with Crippen molar-refractivity contribution < 1.29 is 23.5 Å². The van der Waals surface area contributed by atoms with Gasteiger partial charge in [-0.3, -0.25) is 14.2 Å². The van der Waals surface area contributed by atoms with Gasteiger partial charge < -0.3 is 19.9 Å². The van der Waals surface area contributed by atoms with Gasteiger partial charge in [-0.15, -0.1) is 0 Å². The molecule has 0 radical (unpaired) electrons. The molecule has 4 aromatic carbocycles. The second-order valence-corrected chi connectivity index (χ2v) is 13.7. The Labute approximate surface area is 257 Å². The van der Waals surface area contributed by atoms with Gasteiger partial charge in [0.15, 0.2) is 7.37 Å². The first-order chi connectivity index (χ1) is 21.1. The van der Waals surface area contributed by atoms with Crippen LogP contribution in [-0.4, -0.2) is 36.1 Å². The molecule has 0 bridgehead atoms. The molecule has 1 heterocycles. The predicted molar refractivity (Wildman–Crippen MR) is 177 cm³/mol. The molecule has 0 aliphatic carbocycles. The number of hydrogen-bond acceptors (Lipinski definition) is 4. The van der Waals surface area contributed by atoms with Crippen molar-refractivity contribution in [1.29, 1.82) is 0 Å². The number of fused-ring (bicyclic) bond motifs is 1. The minimum Gasteiger partial charge on any atom is -0.456 e. The van der Waals surface area contributed by atoms with Crippen LogP contribution in [0.3, 0.4) is 0 Å². The van der Waals surface area contributed by atoms with Gasteiger partial charge in [0.2, 0.25) is 5.91 Å². The highest BCUT2D eigenvalue weighted by atomic mass is 31.2. The van der Waals surface area contributed by atoms with E-state index in [0.29, 0.717) is 17.7 Å². The van der Waals surface area contributed by atoms with Gasteiger partial charge in [-0.2, -0.15) is 0 Å². The number of allylic oxidation sites excluding steroid dienone is 1. The van der Waals surface area contributed by atoms with E-state index in [1.165, 1.54) is 6.66 Å². The topological polar surface area (TPSA) is 109 Å². The van der Waals surface area contributed by atoms with Crippen LogP contribution in [0.4, 0.5) is 5.69 Å². The van der Waals surface area contributed by atoms with Gasteiger partial charge >= 0.3 is 0 Å². The third-order valence-corrected chi connectivity index (χ3v) is 8.51. The van der Waals surface area contributed by atoms with E-state index in [0.717, 1.165) is 44.6 Å². The maximum Gasteiger partial charge on any atom is 0.251 e. The zero-order valence-corrected chi connectivity index (χ0v) is 25.6. The van der Waals surface area contributed by atoms with E-state index >= 15 is 0 Å². The molecule has 0 aliphatic heterocycles. The molecule has 5 aromatic rings. The second-order valence-electron chi connectivity index (χ2n) is 11.1. The summed E-state index contributed by atoms with van der Waals surface area (Å²) >= 11 is 0. The maximum absolute atomic E-state index is 13.7. The molecule has 0 aliphatic rings. The number of carbonyl (C=O) groups is 2. The molecule has 2 atom stereocenters. The Morgan fingerprint density at radius 2 is 1.57 bits per heavy atom. The fourth-order valence-corrected chi connectivity index (χ4v) is 5.47. The Kier molecular flexibility index (Phi) is 9.29. The van der Waals surface area contributed by atoms with Crippen molar-refractivity contribution in [3.63, 3.8) is 0 Å². The number of furan rings is 1. The molecule has 44 heavy (non-hydrogen) atoms. The van der Waals surface area contributed by atoms with E-state index in [1.807, 2.05) is 97.9 Å². The Morgan fingerprint density at radius 3 is 2.20 bits per heavy atom. The number of anilines is 1. The van der Waals surface area contributed by atoms with Crippen LogP contribution in [0.5, 0.6) is 0 Å². The molecule has 224 valence electrons. The van der Waals surface area contributed by atoms with Crippen molar-refractivity contribution in [3.05, 3.63) is 132 Å². The number of amides is 2. The summed E-state index contributed by atoms with van der Waals surface area (Å²) in [7, 11) is -3.19. The summed E-state index contributed by atoms with van der Waals surface area (Å²) in [5.41, 5.74) is 6.54. The predicted octanol–water partition coefficient (Wildman–Crippen LogP) is 7.73. The van der Waals surface area contributed by atoms with Crippen LogP contribution in [0.1, 0.15) is 39.9 Å². The lowest BCUT2D eigenvalue weighted by Crippen LogP contribution is -2.26. The highest BCUT2D eigenvalue weighted by Gasteiger charge is 2.22. The van der Waals surface area contributed by atoms with Crippen LogP contribution < -0.4 is 10.6 Å². The van der Waals surface area contributed by atoms with Crippen molar-refractivity contribution in [2.45, 2.75) is 19.3 Å². The van der Waals surface area contributed by atoms with Crippen LogP contribution in [0, 0.1) is 0 Å². The first-order valence-electron chi connectivity index (χ1n) is 14.4. The van der Waals surface area contributed by atoms with E-state index in [4.69, 9.17) is 4.42 Å². The summed E-state index contributed by atoms with van der Waals surface area (Å²) in [6, 6.07) is 32.3. The van der Waals surface area contributed by atoms with E-state index in [9.17, 15) is 19.0 Å². The molecule has 0 saturated carbocycles. The minimum atomic E-state index is -3.19. The van der Waals surface area contributed by atoms with Crippen LogP contribution >= 0.6 is 7.37 Å². The number of benzene rings is 4. The van der Waals surface area contributed by atoms with Crippen molar-refractivity contribution in [2.24, 2.45) is 0 Å². The number of hydrogen-bond donors (Lipinski definition) is 3. The first-order valence-corrected chi connectivity index (χ1v) is 16.7. The second kappa shape index (κ2) is 13.3. The summed E-state index contributed by atoms with van der Waals surface area (Å²) in [5, 5.41) is 6.78. The van der Waals surface area contributed by atoms with Crippen molar-refractivity contribution in [3.8, 4) is 11.3 Å². The molecule has 2 unspecified atom stereocenters. The summed E-state index contributed by atoms with van der Waals surface area (Å²) in [6.07, 6.45) is 0.432. The highest BCUT2D eigenvalue weighted by molar-refractivity contribution is 7.57. The molecular weight excluding hydrogens is 571 g/mol. The van der Waals surface area contributed by atoms with E-state index in [-0.39, 0.29) is 24.5 Å². The molecule has 1 aromatic heterocycles. The van der Waals surface area contributed by atoms with Crippen LogP contribution in [0.2, 0.25) is 0 Å². The van der Waals surface area contributed by atoms with Crippen LogP contribution in [0.15, 0.2) is 114 Å². The summed E-state index contributed by atoms with van der Waals surface area (Å²) in [4.78, 5) is 35.7. The van der Waals surface area contributed by atoms with E-state index in [2.05, 4.69) is 17.2 Å². The SMILES string of the molecule is C=C(C)c1ccc(C(Cc2ccc(C(=O)NCCP(C)(=O)O)cc2)C(=O)Nc2ccc(-c3cc4ccccc4o3)cc2)cc1. The highest BCUT2D eigenvalue weighted by Crippen LogP contribution is 2.34. The molecule has 2 amide bonds. The quantitative estimate of drug-likeness (QED) is 0.133. The van der Waals surface area contributed by atoms with E-state index in [1.54, 1.807) is 12.1 Å². The lowest BCUT2D eigenvalue weighted by atomic mass is 9.89. The third-order valence-electron chi connectivity index (χ3n) is 7.45. The van der Waals surface area contributed by atoms with Gasteiger partial charge in [-0.05, 0) is 78.6 Å². The summed E-state index contributed by atoms with van der Waals surface area (Å²) in [6.45, 7) is 7.33. The fourth-order valence-electron chi connectivity index (χ4n) is 4.94. The lowest BCUT2D eigenvalue weighted by Gasteiger charge is -2.18. The Hall–Kier alpha value is -4.71. The number of para-hydroxylation sites is 1. The van der Waals surface area contributed by atoms with Gasteiger partial charge in [-0.25, -0.2) is 0 Å². The third kappa shape index (κ3) is 7.81. The molecular formula is C36H35N2O5P. The van der Waals surface area contributed by atoms with Gasteiger partial charge in [0.25, 0.3) is 5.91 Å². The summed E-state index contributed by atoms with van der Waals surface area (Å²) < 4.78 is 17.5. The van der Waals surface area contributed by atoms with Crippen LogP contribution in [0.25, 0.3) is 27.9 Å². The number of rotatable bonds is 11. The average Bonchev–Trinajstić information content (AvgIpc) is 3.44. The van der Waals surface area contributed by atoms with E-state index < -0.39 is 13.3 Å². The molecule has 8 heteroatoms. The number of carbonyl (C=O) groups excluding carboxylic acids is 2. The zero-order valence-electron chi connectivity index (χ0n) is 24.7. The van der Waals surface area contributed by atoms with Gasteiger partial charge in [0.05, 0.1) is 5.92 Å². The average molecular weight is 607 g/mol. The molecule has 7 nitrogen and oxygen atoms in total. The Balaban J connectivity index is 1.31. The van der Waals surface area contributed by atoms with Crippen LogP contribution in [-0.2, 0) is 15.8 Å². The smallest absolute Gasteiger partial charge is 0.251 e. The number of nitrogens with one attached hydrogen (secondary N) is 2. The minimum absolute atomic E-state index is 0.0143. The Morgan fingerprint density at radius 1 is 0.909 bits per heavy atom. The molecule has 5 rings (SSSR count). The van der Waals surface area contributed by atoms with Gasteiger partial charge in [0, 0.05) is 41.6 Å². The van der Waals surface area contributed by atoms with Crippen molar-refractivity contribution in [2.75, 3.05) is 24.7 Å². The van der Waals surface area contributed by atoms with Crippen molar-refractivity contribution >= 4 is 41.4 Å². The standard InChI is InChI=1S/C36H35N2O5P/c1-24(2)26-12-14-27(15-13-26)32(22-25-8-10-29(11-9-25)35(39)37-20-21-44(3,41)42)36(40)38-31-18-16-28(17-19-31)34-23-30-6-4-5-7-33(30)43-34/h4-19,23,32H,1,20-22H2,2-3H3,(H,37,39)(H,38,40)(H,41,42). The monoisotopic (exact) mass is 606 g/mol. The van der Waals surface area contributed by atoms with Gasteiger partial charge in [-0.1, -0.05) is 66.7 Å². The fraction of sp³-hybridized carbons (Fsp3) is 0.167. The molecule has 3 N–H and O–H groups in total. The zero-order chi connectivity index (χ0) is 31.3. The molecule has 0 saturated heterocycles.